The quantitative estimate of drug-likeness (QED) is 0.744. The number of hydrogen-bond donors (Lipinski definition) is 2. The fourth-order valence-corrected chi connectivity index (χ4v) is 1.55. The first-order chi connectivity index (χ1) is 7.63. The Balaban J connectivity index is 3.00. The summed E-state index contributed by atoms with van der Waals surface area (Å²) in [6.45, 7) is 1.94. The van der Waals surface area contributed by atoms with Crippen molar-refractivity contribution < 1.29 is 14.6 Å². The van der Waals surface area contributed by atoms with E-state index in [0.29, 0.717) is 11.3 Å². The van der Waals surface area contributed by atoms with Crippen LogP contribution in [0.15, 0.2) is 18.2 Å². The molecule has 0 spiro atoms. The van der Waals surface area contributed by atoms with Gasteiger partial charge in [0.15, 0.2) is 17.3 Å². The normalized spacial score (nSPS) is 12.2. The van der Waals surface area contributed by atoms with Gasteiger partial charge >= 0.3 is 0 Å². The lowest BCUT2D eigenvalue weighted by molar-refractivity contribution is 0.0944. The second-order valence-electron chi connectivity index (χ2n) is 3.50. The topological polar surface area (TPSA) is 58.6 Å². The van der Waals surface area contributed by atoms with Gasteiger partial charge in [-0.1, -0.05) is 6.92 Å². The number of phenols is 1. The minimum atomic E-state index is -0.200. The molecule has 0 saturated heterocycles. The number of ketones is 1. The minimum absolute atomic E-state index is 0.00306. The second-order valence-corrected chi connectivity index (χ2v) is 3.50. The van der Waals surface area contributed by atoms with Gasteiger partial charge in [0.25, 0.3) is 0 Å². The Bertz CT molecular complexity index is 373. The Labute approximate surface area is 95.2 Å². The van der Waals surface area contributed by atoms with E-state index in [4.69, 9.17) is 4.74 Å². The van der Waals surface area contributed by atoms with Crippen LogP contribution >= 0.6 is 0 Å². The number of carbonyl (C=O) groups is 1. The maximum absolute atomic E-state index is 12.0. The van der Waals surface area contributed by atoms with E-state index in [9.17, 15) is 9.90 Å². The molecule has 0 aliphatic rings. The Hall–Kier alpha value is -1.55. The Morgan fingerprint density at radius 3 is 2.75 bits per heavy atom. The van der Waals surface area contributed by atoms with Gasteiger partial charge in [-0.05, 0) is 31.7 Å². The first-order valence-electron chi connectivity index (χ1n) is 5.22. The summed E-state index contributed by atoms with van der Waals surface area (Å²) in [4.78, 5) is 12.0. The number of ether oxygens (including phenoxy) is 1. The number of hydrogen-bond acceptors (Lipinski definition) is 4. The molecule has 1 aromatic carbocycles. The number of aromatic hydroxyl groups is 1. The van der Waals surface area contributed by atoms with Crippen LogP contribution in [0.4, 0.5) is 0 Å². The smallest absolute Gasteiger partial charge is 0.179 e. The molecule has 0 aromatic heterocycles. The Morgan fingerprint density at radius 1 is 1.56 bits per heavy atom. The molecule has 4 heteroatoms. The standard InChI is InChI=1S/C12H17NO3/c1-4-9(13-2)12(15)8-5-6-10(14)11(7-8)16-3/h5-7,9,13-14H,4H2,1-3H3. The number of Topliss-reactive ketones (excluding diaryl/α,β-unsaturated/α-hetero) is 1. The maximum atomic E-state index is 12.0. The van der Waals surface area contributed by atoms with Crippen molar-refractivity contribution >= 4 is 5.78 Å². The molecule has 0 bridgehead atoms. The van der Waals surface area contributed by atoms with Gasteiger partial charge in [-0.2, -0.15) is 0 Å². The molecule has 2 N–H and O–H groups in total. The summed E-state index contributed by atoms with van der Waals surface area (Å²) in [5.74, 6) is 0.358. The van der Waals surface area contributed by atoms with E-state index in [1.807, 2.05) is 6.92 Å². The van der Waals surface area contributed by atoms with E-state index >= 15 is 0 Å². The zero-order chi connectivity index (χ0) is 12.1. The number of carbonyl (C=O) groups excluding carboxylic acids is 1. The monoisotopic (exact) mass is 223 g/mol. The van der Waals surface area contributed by atoms with Crippen LogP contribution in [0.1, 0.15) is 23.7 Å². The van der Waals surface area contributed by atoms with E-state index in [1.54, 1.807) is 19.2 Å². The van der Waals surface area contributed by atoms with Crippen LogP contribution < -0.4 is 10.1 Å². The van der Waals surface area contributed by atoms with Gasteiger partial charge in [-0.15, -0.1) is 0 Å². The average Bonchev–Trinajstić information content (AvgIpc) is 2.31. The van der Waals surface area contributed by atoms with Crippen LogP contribution in [0.3, 0.4) is 0 Å². The number of methoxy groups -OCH3 is 1. The number of nitrogens with one attached hydrogen (secondary N) is 1. The molecule has 0 saturated carbocycles. The highest BCUT2D eigenvalue weighted by atomic mass is 16.5. The SMILES string of the molecule is CCC(NC)C(=O)c1ccc(O)c(OC)c1. The lowest BCUT2D eigenvalue weighted by Crippen LogP contribution is -2.33. The highest BCUT2D eigenvalue weighted by molar-refractivity contribution is 6.00. The molecule has 0 aliphatic carbocycles. The van der Waals surface area contributed by atoms with Crippen molar-refractivity contribution in [1.82, 2.24) is 5.32 Å². The van der Waals surface area contributed by atoms with Gasteiger partial charge in [0.2, 0.25) is 0 Å². The van der Waals surface area contributed by atoms with Crippen LogP contribution in [0, 0.1) is 0 Å². The lowest BCUT2D eigenvalue weighted by Gasteiger charge is -2.13. The summed E-state index contributed by atoms with van der Waals surface area (Å²) >= 11 is 0. The van der Waals surface area contributed by atoms with Gasteiger partial charge in [0, 0.05) is 5.56 Å². The molecular formula is C12H17NO3. The molecule has 0 heterocycles. The summed E-state index contributed by atoms with van der Waals surface area (Å²) in [6.07, 6.45) is 0.721. The molecule has 0 fully saturated rings. The third-order valence-corrected chi connectivity index (χ3v) is 2.54. The summed E-state index contributed by atoms with van der Waals surface area (Å²) in [5, 5.41) is 12.4. The van der Waals surface area contributed by atoms with Crippen molar-refractivity contribution in [2.75, 3.05) is 14.2 Å². The van der Waals surface area contributed by atoms with E-state index in [2.05, 4.69) is 5.32 Å². The number of benzene rings is 1. The molecule has 88 valence electrons. The summed E-state index contributed by atoms with van der Waals surface area (Å²) < 4.78 is 4.96. The molecule has 1 atom stereocenters. The highest BCUT2D eigenvalue weighted by Crippen LogP contribution is 2.26. The molecule has 1 rings (SSSR count). The van der Waals surface area contributed by atoms with Gasteiger partial charge in [-0.3, -0.25) is 4.79 Å². The van der Waals surface area contributed by atoms with Gasteiger partial charge in [0.05, 0.1) is 13.2 Å². The maximum Gasteiger partial charge on any atom is 0.179 e. The first kappa shape index (κ1) is 12.5. The zero-order valence-corrected chi connectivity index (χ0v) is 9.78. The summed E-state index contributed by atoms with van der Waals surface area (Å²) in [5.41, 5.74) is 0.538. The molecule has 1 aromatic rings. The largest absolute Gasteiger partial charge is 0.504 e. The lowest BCUT2D eigenvalue weighted by atomic mass is 10.0. The van der Waals surface area contributed by atoms with Crippen LogP contribution in [-0.2, 0) is 0 Å². The fourth-order valence-electron chi connectivity index (χ4n) is 1.55. The first-order valence-corrected chi connectivity index (χ1v) is 5.22. The molecule has 16 heavy (non-hydrogen) atoms. The van der Waals surface area contributed by atoms with Crippen LogP contribution in [0.2, 0.25) is 0 Å². The molecule has 0 aliphatic heterocycles. The number of likely N-dealkylation sites (N-methyl/N-ethyl adjacent to an activating group) is 1. The zero-order valence-electron chi connectivity index (χ0n) is 9.78. The molecule has 0 amide bonds. The molecule has 4 nitrogen and oxygen atoms in total. The van der Waals surface area contributed by atoms with E-state index in [-0.39, 0.29) is 17.6 Å². The minimum Gasteiger partial charge on any atom is -0.504 e. The van der Waals surface area contributed by atoms with Crippen LogP contribution in [-0.4, -0.2) is 31.1 Å². The van der Waals surface area contributed by atoms with Gasteiger partial charge < -0.3 is 15.2 Å². The fraction of sp³-hybridized carbons (Fsp3) is 0.417. The van der Waals surface area contributed by atoms with Crippen molar-refractivity contribution in [1.29, 1.82) is 0 Å². The van der Waals surface area contributed by atoms with Crippen LogP contribution in [0.25, 0.3) is 0 Å². The third-order valence-electron chi connectivity index (χ3n) is 2.54. The Kier molecular flexibility index (Phi) is 4.31. The van der Waals surface area contributed by atoms with E-state index in [1.165, 1.54) is 13.2 Å². The predicted octanol–water partition coefficient (Wildman–Crippen LogP) is 1.58. The van der Waals surface area contributed by atoms with Crippen molar-refractivity contribution in [2.45, 2.75) is 19.4 Å². The van der Waals surface area contributed by atoms with E-state index < -0.39 is 0 Å². The summed E-state index contributed by atoms with van der Waals surface area (Å²) in [6, 6.07) is 4.42. The molecule has 0 radical (unpaired) electrons. The Morgan fingerprint density at radius 2 is 2.25 bits per heavy atom. The number of phenolic OH excluding ortho intramolecular Hbond substituents is 1. The van der Waals surface area contributed by atoms with Crippen LogP contribution in [0.5, 0.6) is 11.5 Å². The third kappa shape index (κ3) is 2.52. The van der Waals surface area contributed by atoms with Crippen molar-refractivity contribution in [2.24, 2.45) is 0 Å². The second kappa shape index (κ2) is 5.51. The summed E-state index contributed by atoms with van der Waals surface area (Å²) in [7, 11) is 3.21. The number of rotatable bonds is 5. The highest BCUT2D eigenvalue weighted by Gasteiger charge is 2.17. The van der Waals surface area contributed by atoms with Crippen molar-refractivity contribution in [3.05, 3.63) is 23.8 Å². The molecule has 1 unspecified atom stereocenters. The van der Waals surface area contributed by atoms with Gasteiger partial charge in [0.1, 0.15) is 0 Å². The average molecular weight is 223 g/mol. The van der Waals surface area contributed by atoms with Crippen molar-refractivity contribution in [3.63, 3.8) is 0 Å². The van der Waals surface area contributed by atoms with Gasteiger partial charge in [-0.25, -0.2) is 0 Å². The van der Waals surface area contributed by atoms with Crippen molar-refractivity contribution in [3.8, 4) is 11.5 Å². The predicted molar refractivity (Wildman–Crippen MR) is 62.1 cm³/mol. The molecular weight excluding hydrogens is 206 g/mol. The van der Waals surface area contributed by atoms with E-state index in [0.717, 1.165) is 6.42 Å².